The zero-order chi connectivity index (χ0) is 25.7. The van der Waals surface area contributed by atoms with Gasteiger partial charge < -0.3 is 9.64 Å². The molecule has 5 rings (SSSR count). The van der Waals surface area contributed by atoms with E-state index < -0.39 is 22.2 Å². The molecular formula is C26H29N5O5S. The molecule has 1 atom stereocenters. The van der Waals surface area contributed by atoms with E-state index in [1.807, 2.05) is 47.4 Å². The summed E-state index contributed by atoms with van der Waals surface area (Å²) in [7, 11) is -3.61. The molecule has 0 radical (unpaired) electrons. The van der Waals surface area contributed by atoms with Crippen LogP contribution in [0.2, 0.25) is 0 Å². The van der Waals surface area contributed by atoms with Crippen molar-refractivity contribution in [2.75, 3.05) is 37.7 Å². The lowest BCUT2D eigenvalue weighted by Crippen LogP contribution is -2.49. The molecule has 1 amide bonds. The number of hydroxylamine groups is 1. The SMILES string of the molecule is O=C(NOC1CCCCO1)c1cnc(N2CCN(S(=O)(=O)c3ccc(-c4ccccc4)cc3)CC2)nc1. The van der Waals surface area contributed by atoms with Gasteiger partial charge in [0.05, 0.1) is 10.5 Å². The van der Waals surface area contributed by atoms with E-state index in [1.54, 1.807) is 12.1 Å². The van der Waals surface area contributed by atoms with Crippen LogP contribution in [0.15, 0.2) is 71.9 Å². The second-order valence-electron chi connectivity index (χ2n) is 8.90. The number of benzene rings is 2. The number of piperazine rings is 1. The summed E-state index contributed by atoms with van der Waals surface area (Å²) in [5.41, 5.74) is 4.65. The second kappa shape index (κ2) is 11.3. The van der Waals surface area contributed by atoms with Gasteiger partial charge in [-0.2, -0.15) is 4.31 Å². The number of sulfonamides is 1. The number of hydrogen-bond acceptors (Lipinski definition) is 8. The fourth-order valence-corrected chi connectivity index (χ4v) is 5.73. The number of rotatable bonds is 7. The van der Waals surface area contributed by atoms with Crippen molar-refractivity contribution in [2.45, 2.75) is 30.4 Å². The highest BCUT2D eigenvalue weighted by Gasteiger charge is 2.29. The smallest absolute Gasteiger partial charge is 0.278 e. The number of amides is 1. The van der Waals surface area contributed by atoms with Gasteiger partial charge in [-0.3, -0.25) is 4.79 Å². The van der Waals surface area contributed by atoms with Gasteiger partial charge in [0.25, 0.3) is 5.91 Å². The summed E-state index contributed by atoms with van der Waals surface area (Å²) in [4.78, 5) is 28.4. The predicted octanol–water partition coefficient (Wildman–Crippen LogP) is 2.84. The summed E-state index contributed by atoms with van der Waals surface area (Å²) in [6.07, 6.45) is 5.14. The van der Waals surface area contributed by atoms with Crippen LogP contribution in [0.25, 0.3) is 11.1 Å². The first kappa shape index (κ1) is 25.3. The number of hydrogen-bond donors (Lipinski definition) is 1. The molecule has 0 saturated carbocycles. The maximum Gasteiger partial charge on any atom is 0.278 e. The highest BCUT2D eigenvalue weighted by molar-refractivity contribution is 7.89. The molecule has 37 heavy (non-hydrogen) atoms. The van der Waals surface area contributed by atoms with Crippen LogP contribution < -0.4 is 10.4 Å². The molecule has 3 heterocycles. The summed E-state index contributed by atoms with van der Waals surface area (Å²) >= 11 is 0. The topological polar surface area (TPSA) is 114 Å². The largest absolute Gasteiger partial charge is 0.350 e. The molecule has 1 N–H and O–H groups in total. The number of nitrogens with zero attached hydrogens (tertiary/aromatic N) is 4. The lowest BCUT2D eigenvalue weighted by molar-refractivity contribution is -0.186. The Morgan fingerprint density at radius 3 is 2.24 bits per heavy atom. The summed E-state index contributed by atoms with van der Waals surface area (Å²) in [6.45, 7) is 2.12. The molecule has 11 heteroatoms. The highest BCUT2D eigenvalue weighted by Crippen LogP contribution is 2.24. The molecular weight excluding hydrogens is 494 g/mol. The van der Waals surface area contributed by atoms with Crippen molar-refractivity contribution in [1.29, 1.82) is 0 Å². The summed E-state index contributed by atoms with van der Waals surface area (Å²) in [5, 5.41) is 0. The van der Waals surface area contributed by atoms with Gasteiger partial charge in [0.15, 0.2) is 6.29 Å². The summed E-state index contributed by atoms with van der Waals surface area (Å²) in [5.74, 6) is -0.00716. The number of carbonyl (C=O) groups excluding carboxylic acids is 1. The molecule has 1 aromatic heterocycles. The molecule has 0 bridgehead atoms. The van der Waals surface area contributed by atoms with Crippen molar-refractivity contribution in [2.24, 2.45) is 0 Å². The van der Waals surface area contributed by atoms with Crippen molar-refractivity contribution in [3.05, 3.63) is 72.6 Å². The van der Waals surface area contributed by atoms with E-state index in [9.17, 15) is 13.2 Å². The monoisotopic (exact) mass is 523 g/mol. The minimum atomic E-state index is -3.61. The minimum absolute atomic E-state index is 0.264. The fraction of sp³-hybridized carbons (Fsp3) is 0.346. The normalized spacial score (nSPS) is 18.9. The van der Waals surface area contributed by atoms with E-state index in [4.69, 9.17) is 9.57 Å². The van der Waals surface area contributed by atoms with Crippen LogP contribution in [0, 0.1) is 0 Å². The van der Waals surface area contributed by atoms with E-state index in [1.165, 1.54) is 16.7 Å². The molecule has 0 spiro atoms. The van der Waals surface area contributed by atoms with Crippen LogP contribution in [0.3, 0.4) is 0 Å². The molecule has 10 nitrogen and oxygen atoms in total. The molecule has 194 valence electrons. The average Bonchev–Trinajstić information content (AvgIpc) is 2.97. The maximum atomic E-state index is 13.2. The molecule has 1 unspecified atom stereocenters. The van der Waals surface area contributed by atoms with Gasteiger partial charge in [0.1, 0.15) is 0 Å². The Labute approximate surface area is 216 Å². The van der Waals surface area contributed by atoms with Crippen molar-refractivity contribution < 1.29 is 22.8 Å². The van der Waals surface area contributed by atoms with Crippen LogP contribution in [-0.2, 0) is 19.6 Å². The standard InChI is InChI=1S/C26H29N5O5S/c32-25(29-36-24-8-4-5-17-35-24)22-18-27-26(28-19-22)30-13-15-31(16-14-30)37(33,34)23-11-9-21(10-12-23)20-6-2-1-3-7-20/h1-3,6-7,9-12,18-19,24H,4-5,8,13-17H2,(H,29,32). The third kappa shape index (κ3) is 5.96. The number of ether oxygens (including phenoxy) is 1. The fourth-order valence-electron chi connectivity index (χ4n) is 4.31. The lowest BCUT2D eigenvalue weighted by Gasteiger charge is -2.34. The number of aromatic nitrogens is 2. The molecule has 0 aliphatic carbocycles. The van der Waals surface area contributed by atoms with E-state index in [0.29, 0.717) is 38.7 Å². The van der Waals surface area contributed by atoms with Crippen molar-refractivity contribution in [3.63, 3.8) is 0 Å². The Kier molecular flexibility index (Phi) is 7.75. The molecule has 3 aromatic rings. The van der Waals surface area contributed by atoms with Gasteiger partial charge in [-0.1, -0.05) is 42.5 Å². The highest BCUT2D eigenvalue weighted by atomic mass is 32.2. The molecule has 2 aliphatic rings. The van der Waals surface area contributed by atoms with Gasteiger partial charge in [-0.25, -0.2) is 28.7 Å². The van der Waals surface area contributed by atoms with E-state index in [0.717, 1.165) is 30.4 Å². The minimum Gasteiger partial charge on any atom is -0.350 e. The van der Waals surface area contributed by atoms with Crippen LogP contribution in [0.4, 0.5) is 5.95 Å². The Morgan fingerprint density at radius 1 is 0.919 bits per heavy atom. The zero-order valence-corrected chi connectivity index (χ0v) is 21.1. The van der Waals surface area contributed by atoms with E-state index >= 15 is 0 Å². The van der Waals surface area contributed by atoms with E-state index in [-0.39, 0.29) is 10.5 Å². The first-order valence-corrected chi connectivity index (χ1v) is 13.7. The van der Waals surface area contributed by atoms with Gasteiger partial charge in [0.2, 0.25) is 16.0 Å². The number of anilines is 1. The van der Waals surface area contributed by atoms with Crippen molar-refractivity contribution in [1.82, 2.24) is 19.8 Å². The molecule has 2 fully saturated rings. The van der Waals surface area contributed by atoms with Gasteiger partial charge in [-0.15, -0.1) is 0 Å². The number of nitrogens with one attached hydrogen (secondary N) is 1. The average molecular weight is 524 g/mol. The van der Waals surface area contributed by atoms with Gasteiger partial charge >= 0.3 is 0 Å². The van der Waals surface area contributed by atoms with Crippen molar-refractivity contribution >= 4 is 21.9 Å². The van der Waals surface area contributed by atoms with Crippen LogP contribution in [0.1, 0.15) is 29.6 Å². The van der Waals surface area contributed by atoms with E-state index in [2.05, 4.69) is 15.4 Å². The van der Waals surface area contributed by atoms with Crippen LogP contribution in [0.5, 0.6) is 0 Å². The summed E-state index contributed by atoms with van der Waals surface area (Å²) in [6, 6.07) is 16.8. The molecule has 2 saturated heterocycles. The van der Waals surface area contributed by atoms with Crippen molar-refractivity contribution in [3.8, 4) is 11.1 Å². The zero-order valence-electron chi connectivity index (χ0n) is 20.3. The molecule has 2 aliphatic heterocycles. The first-order chi connectivity index (χ1) is 18.0. The third-order valence-electron chi connectivity index (χ3n) is 6.44. The second-order valence-corrected chi connectivity index (χ2v) is 10.8. The van der Waals surface area contributed by atoms with Gasteiger partial charge in [-0.05, 0) is 36.1 Å². The first-order valence-electron chi connectivity index (χ1n) is 12.3. The van der Waals surface area contributed by atoms with Crippen LogP contribution >= 0.6 is 0 Å². The Hall–Kier alpha value is -3.38. The Balaban J connectivity index is 1.15. The van der Waals surface area contributed by atoms with Crippen LogP contribution in [-0.4, -0.2) is 67.7 Å². The number of carbonyl (C=O) groups is 1. The summed E-state index contributed by atoms with van der Waals surface area (Å²) < 4.78 is 33.3. The molecule has 2 aromatic carbocycles. The maximum absolute atomic E-state index is 13.2. The van der Waals surface area contributed by atoms with Gasteiger partial charge in [0, 0.05) is 51.6 Å². The quantitative estimate of drug-likeness (QED) is 0.471. The third-order valence-corrected chi connectivity index (χ3v) is 8.35. The Morgan fingerprint density at radius 2 is 1.59 bits per heavy atom. The predicted molar refractivity (Wildman–Crippen MR) is 137 cm³/mol. The lowest BCUT2D eigenvalue weighted by atomic mass is 10.1. The Bertz CT molecular complexity index is 1290.